The van der Waals surface area contributed by atoms with Gasteiger partial charge in [0, 0.05) is 31.0 Å². The largest absolute Gasteiger partial charge is 0.478 e. The molecular formula is C20H20FNO4. The smallest absolute Gasteiger partial charge is 0.356 e. The van der Waals surface area contributed by atoms with Gasteiger partial charge in [0.05, 0.1) is 0 Å². The predicted molar refractivity (Wildman–Crippen MR) is 92.8 cm³/mol. The van der Waals surface area contributed by atoms with Gasteiger partial charge in [-0.3, -0.25) is 9.69 Å². The number of aliphatic carboxylic acids is 1. The molecule has 1 unspecified atom stereocenters. The van der Waals surface area contributed by atoms with Crippen LogP contribution in [0.1, 0.15) is 35.6 Å². The maximum absolute atomic E-state index is 13.5. The van der Waals surface area contributed by atoms with Gasteiger partial charge in [-0.25, -0.2) is 9.18 Å². The van der Waals surface area contributed by atoms with E-state index in [-0.39, 0.29) is 30.7 Å². The Hall–Kier alpha value is -2.57. The summed E-state index contributed by atoms with van der Waals surface area (Å²) in [7, 11) is 0. The molecule has 0 bridgehead atoms. The SMILES string of the molecule is Cc1cc(F)ccc1[C@H]1CC(=O)CCN1C(O)(C(=O)O)c1ccccc1. The van der Waals surface area contributed by atoms with E-state index in [0.717, 1.165) is 0 Å². The molecule has 1 saturated heterocycles. The van der Waals surface area contributed by atoms with Crippen molar-refractivity contribution < 1.29 is 24.2 Å². The normalized spacial score (nSPS) is 20.6. The van der Waals surface area contributed by atoms with E-state index in [2.05, 4.69) is 0 Å². The van der Waals surface area contributed by atoms with E-state index in [4.69, 9.17) is 0 Å². The first kappa shape index (κ1) is 18.2. The van der Waals surface area contributed by atoms with Gasteiger partial charge >= 0.3 is 5.97 Å². The van der Waals surface area contributed by atoms with Gasteiger partial charge in [0.1, 0.15) is 11.6 Å². The lowest BCUT2D eigenvalue weighted by Gasteiger charge is -2.44. The second-order valence-electron chi connectivity index (χ2n) is 6.55. The number of ketones is 1. The summed E-state index contributed by atoms with van der Waals surface area (Å²) in [4.78, 5) is 25.6. The predicted octanol–water partition coefficient (Wildman–Crippen LogP) is 2.77. The molecule has 2 atom stereocenters. The van der Waals surface area contributed by atoms with Crippen molar-refractivity contribution in [1.29, 1.82) is 0 Å². The Balaban J connectivity index is 2.12. The van der Waals surface area contributed by atoms with Crippen LogP contribution in [-0.4, -0.2) is 33.4 Å². The molecule has 2 N–H and O–H groups in total. The monoisotopic (exact) mass is 357 g/mol. The van der Waals surface area contributed by atoms with Crippen molar-refractivity contribution in [3.63, 3.8) is 0 Å². The second kappa shape index (κ2) is 6.97. The summed E-state index contributed by atoms with van der Waals surface area (Å²) in [5.41, 5.74) is -0.829. The number of likely N-dealkylation sites (tertiary alicyclic amines) is 1. The van der Waals surface area contributed by atoms with Crippen molar-refractivity contribution in [1.82, 2.24) is 4.90 Å². The summed E-state index contributed by atoms with van der Waals surface area (Å²) >= 11 is 0. The summed E-state index contributed by atoms with van der Waals surface area (Å²) in [5, 5.41) is 21.0. The number of benzene rings is 2. The zero-order valence-corrected chi connectivity index (χ0v) is 14.4. The molecule has 0 amide bonds. The fourth-order valence-electron chi connectivity index (χ4n) is 3.59. The Bertz CT molecular complexity index is 839. The number of piperidine rings is 1. The quantitative estimate of drug-likeness (QED) is 0.880. The van der Waals surface area contributed by atoms with Crippen LogP contribution in [0.25, 0.3) is 0 Å². The number of carbonyl (C=O) groups excluding carboxylic acids is 1. The number of carboxylic acids is 1. The van der Waals surface area contributed by atoms with Crippen molar-refractivity contribution in [2.24, 2.45) is 0 Å². The average Bonchev–Trinajstić information content (AvgIpc) is 2.61. The first-order valence-electron chi connectivity index (χ1n) is 8.40. The summed E-state index contributed by atoms with van der Waals surface area (Å²) in [6.45, 7) is 1.80. The minimum atomic E-state index is -2.28. The molecule has 136 valence electrons. The van der Waals surface area contributed by atoms with Crippen LogP contribution in [0.2, 0.25) is 0 Å². The minimum absolute atomic E-state index is 0.0178. The van der Waals surface area contributed by atoms with Crippen molar-refractivity contribution in [3.05, 3.63) is 71.0 Å². The molecule has 3 rings (SSSR count). The van der Waals surface area contributed by atoms with Crippen molar-refractivity contribution in [2.75, 3.05) is 6.54 Å². The number of Topliss-reactive ketones (excluding diaryl/α,β-unsaturated/α-hetero) is 1. The summed E-state index contributed by atoms with van der Waals surface area (Å²) in [6, 6.07) is 11.6. The number of nitrogens with zero attached hydrogens (tertiary/aromatic N) is 1. The third-order valence-electron chi connectivity index (χ3n) is 4.91. The third kappa shape index (κ3) is 3.13. The number of carbonyl (C=O) groups is 2. The van der Waals surface area contributed by atoms with Gasteiger partial charge in [-0.2, -0.15) is 0 Å². The Morgan fingerprint density at radius 1 is 1.23 bits per heavy atom. The number of hydrogen-bond donors (Lipinski definition) is 2. The van der Waals surface area contributed by atoms with Gasteiger partial charge in [-0.15, -0.1) is 0 Å². The second-order valence-corrected chi connectivity index (χ2v) is 6.55. The molecule has 2 aromatic rings. The highest BCUT2D eigenvalue weighted by molar-refractivity contribution is 5.82. The van der Waals surface area contributed by atoms with E-state index in [1.165, 1.54) is 17.0 Å². The summed E-state index contributed by atoms with van der Waals surface area (Å²) in [5.74, 6) is -1.84. The zero-order chi connectivity index (χ0) is 18.9. The number of hydrogen-bond acceptors (Lipinski definition) is 4. The lowest BCUT2D eigenvalue weighted by molar-refractivity contribution is -0.196. The molecule has 1 heterocycles. The highest BCUT2D eigenvalue weighted by Gasteiger charge is 2.49. The lowest BCUT2D eigenvalue weighted by Crippen LogP contribution is -2.56. The van der Waals surface area contributed by atoms with Gasteiger partial charge in [-0.1, -0.05) is 36.4 Å². The van der Waals surface area contributed by atoms with Crippen LogP contribution in [-0.2, 0) is 15.3 Å². The average molecular weight is 357 g/mol. The number of carboxylic acid groups (broad SMARTS) is 1. The van der Waals surface area contributed by atoms with E-state index in [0.29, 0.717) is 11.1 Å². The van der Waals surface area contributed by atoms with Crippen molar-refractivity contribution >= 4 is 11.8 Å². The molecule has 0 spiro atoms. The Morgan fingerprint density at radius 2 is 1.92 bits per heavy atom. The molecular weight excluding hydrogens is 337 g/mol. The number of halogens is 1. The molecule has 26 heavy (non-hydrogen) atoms. The zero-order valence-electron chi connectivity index (χ0n) is 14.4. The molecule has 0 aromatic heterocycles. The molecule has 2 aromatic carbocycles. The van der Waals surface area contributed by atoms with Gasteiger partial charge < -0.3 is 10.2 Å². The Kier molecular flexibility index (Phi) is 4.89. The molecule has 5 nitrogen and oxygen atoms in total. The van der Waals surface area contributed by atoms with Crippen LogP contribution < -0.4 is 0 Å². The highest BCUT2D eigenvalue weighted by atomic mass is 19.1. The molecule has 0 aliphatic carbocycles. The maximum Gasteiger partial charge on any atom is 0.356 e. The fourth-order valence-corrected chi connectivity index (χ4v) is 3.59. The third-order valence-corrected chi connectivity index (χ3v) is 4.91. The molecule has 0 saturated carbocycles. The standard InChI is InChI=1S/C20H20FNO4/c1-13-11-15(21)7-8-17(13)18-12-16(23)9-10-22(18)20(26,19(24)25)14-5-3-2-4-6-14/h2-8,11,18,26H,9-10,12H2,1H3,(H,24,25)/t18-,20?/m1/s1. The number of aliphatic hydroxyl groups is 1. The molecule has 6 heteroatoms. The molecule has 1 aliphatic heterocycles. The molecule has 1 aliphatic rings. The van der Waals surface area contributed by atoms with Crippen LogP contribution in [0.3, 0.4) is 0 Å². The van der Waals surface area contributed by atoms with Gasteiger partial charge in [0.25, 0.3) is 0 Å². The van der Waals surface area contributed by atoms with Crippen LogP contribution >= 0.6 is 0 Å². The van der Waals surface area contributed by atoms with E-state index < -0.39 is 23.6 Å². The van der Waals surface area contributed by atoms with Crippen LogP contribution in [0.5, 0.6) is 0 Å². The Morgan fingerprint density at radius 3 is 2.54 bits per heavy atom. The first-order chi connectivity index (χ1) is 12.3. The van der Waals surface area contributed by atoms with E-state index in [1.54, 1.807) is 43.3 Å². The minimum Gasteiger partial charge on any atom is -0.478 e. The lowest BCUT2D eigenvalue weighted by atomic mass is 9.87. The van der Waals surface area contributed by atoms with E-state index >= 15 is 0 Å². The highest BCUT2D eigenvalue weighted by Crippen LogP contribution is 2.40. The maximum atomic E-state index is 13.5. The summed E-state index contributed by atoms with van der Waals surface area (Å²) in [6.07, 6.45) is 0.216. The van der Waals surface area contributed by atoms with Crippen LogP contribution in [0.4, 0.5) is 4.39 Å². The van der Waals surface area contributed by atoms with Crippen molar-refractivity contribution in [3.8, 4) is 0 Å². The number of rotatable bonds is 4. The van der Waals surface area contributed by atoms with Crippen LogP contribution in [0, 0.1) is 12.7 Å². The Labute approximate surface area is 150 Å². The van der Waals surface area contributed by atoms with Gasteiger partial charge in [-0.05, 0) is 30.2 Å². The molecule has 1 fully saturated rings. The van der Waals surface area contributed by atoms with Crippen molar-refractivity contribution in [2.45, 2.75) is 31.5 Å². The van der Waals surface area contributed by atoms with Crippen LogP contribution in [0.15, 0.2) is 48.5 Å². The first-order valence-corrected chi connectivity index (χ1v) is 8.40. The fraction of sp³-hybridized carbons (Fsp3) is 0.300. The topological polar surface area (TPSA) is 77.8 Å². The summed E-state index contributed by atoms with van der Waals surface area (Å²) < 4.78 is 13.5. The van der Waals surface area contributed by atoms with Gasteiger partial charge in [0.15, 0.2) is 0 Å². The molecule has 0 radical (unpaired) electrons. The van der Waals surface area contributed by atoms with E-state index in [1.807, 2.05) is 0 Å². The van der Waals surface area contributed by atoms with Gasteiger partial charge in [0.2, 0.25) is 5.72 Å². The number of aryl methyl sites for hydroxylation is 1. The van der Waals surface area contributed by atoms with E-state index in [9.17, 15) is 24.2 Å².